The fourth-order valence-electron chi connectivity index (χ4n) is 1.35. The number of aromatic nitrogens is 2. The third kappa shape index (κ3) is 6.51. The van der Waals surface area contributed by atoms with Gasteiger partial charge >= 0.3 is 0 Å². The highest BCUT2D eigenvalue weighted by atomic mass is 32.2. The monoisotopic (exact) mass is 272 g/mol. The van der Waals surface area contributed by atoms with Crippen LogP contribution in [0.15, 0.2) is 18.5 Å². The van der Waals surface area contributed by atoms with E-state index >= 15 is 0 Å². The van der Waals surface area contributed by atoms with Gasteiger partial charge in [0.1, 0.15) is 0 Å². The summed E-state index contributed by atoms with van der Waals surface area (Å²) in [5, 5.41) is 3.24. The highest BCUT2D eigenvalue weighted by molar-refractivity contribution is 7.92. The van der Waals surface area contributed by atoms with Gasteiger partial charge in [0.05, 0.1) is 5.75 Å². The largest absolute Gasteiger partial charge is 0.315 e. The molecule has 18 heavy (non-hydrogen) atoms. The van der Waals surface area contributed by atoms with Crippen molar-refractivity contribution >= 4 is 16.0 Å². The Labute approximate surface area is 108 Å². The van der Waals surface area contributed by atoms with E-state index in [9.17, 15) is 8.42 Å². The second-order valence-electron chi connectivity index (χ2n) is 4.31. The van der Waals surface area contributed by atoms with Gasteiger partial charge in [0.2, 0.25) is 16.0 Å². The Morgan fingerprint density at radius 3 is 2.50 bits per heavy atom. The third-order valence-corrected chi connectivity index (χ3v) is 3.52. The number of hydrogen-bond donors (Lipinski definition) is 2. The maximum atomic E-state index is 11.7. The molecular weight excluding hydrogens is 252 g/mol. The van der Waals surface area contributed by atoms with Crippen LogP contribution in [0.3, 0.4) is 0 Å². The Bertz CT molecular complexity index is 434. The average Bonchev–Trinajstić information content (AvgIpc) is 2.28. The molecule has 0 atom stereocenters. The SMILES string of the molecule is CC(C)NCCCCS(=O)(=O)Nc1ncccn1. The minimum absolute atomic E-state index is 0.0883. The summed E-state index contributed by atoms with van der Waals surface area (Å²) in [4.78, 5) is 7.64. The van der Waals surface area contributed by atoms with Crippen LogP contribution < -0.4 is 10.0 Å². The van der Waals surface area contributed by atoms with Crippen LogP contribution in [0.4, 0.5) is 5.95 Å². The molecule has 1 aromatic rings. The maximum absolute atomic E-state index is 11.7. The van der Waals surface area contributed by atoms with Crippen molar-refractivity contribution < 1.29 is 8.42 Å². The molecule has 0 unspecified atom stereocenters. The second kappa shape index (κ2) is 7.27. The molecule has 0 bridgehead atoms. The van der Waals surface area contributed by atoms with Crippen LogP contribution >= 0.6 is 0 Å². The van der Waals surface area contributed by atoms with Crippen LogP contribution in [-0.2, 0) is 10.0 Å². The van der Waals surface area contributed by atoms with Gasteiger partial charge in [-0.2, -0.15) is 0 Å². The first-order valence-corrected chi connectivity index (χ1v) is 7.66. The molecule has 7 heteroatoms. The van der Waals surface area contributed by atoms with E-state index in [2.05, 4.69) is 33.9 Å². The molecule has 102 valence electrons. The first kappa shape index (κ1) is 14.8. The van der Waals surface area contributed by atoms with Gasteiger partial charge in [-0.1, -0.05) is 13.8 Å². The van der Waals surface area contributed by atoms with Gasteiger partial charge in [0.25, 0.3) is 0 Å². The first-order chi connectivity index (χ1) is 8.49. The van der Waals surface area contributed by atoms with Crippen LogP contribution in [0, 0.1) is 0 Å². The minimum Gasteiger partial charge on any atom is -0.315 e. The van der Waals surface area contributed by atoms with E-state index in [0.29, 0.717) is 12.5 Å². The molecule has 1 aromatic heterocycles. The van der Waals surface area contributed by atoms with E-state index in [-0.39, 0.29) is 11.7 Å². The van der Waals surface area contributed by atoms with Crippen molar-refractivity contribution in [3.05, 3.63) is 18.5 Å². The predicted molar refractivity (Wildman–Crippen MR) is 71.8 cm³/mol. The third-order valence-electron chi connectivity index (χ3n) is 2.20. The number of nitrogens with one attached hydrogen (secondary N) is 2. The summed E-state index contributed by atoms with van der Waals surface area (Å²) in [6.45, 7) is 4.95. The lowest BCUT2D eigenvalue weighted by Crippen LogP contribution is -2.24. The van der Waals surface area contributed by atoms with Crippen molar-refractivity contribution in [2.24, 2.45) is 0 Å². The van der Waals surface area contributed by atoms with Gasteiger partial charge in [0.15, 0.2) is 0 Å². The predicted octanol–water partition coefficient (Wildman–Crippen LogP) is 0.996. The molecule has 2 N–H and O–H groups in total. The van der Waals surface area contributed by atoms with Gasteiger partial charge in [-0.05, 0) is 25.5 Å². The van der Waals surface area contributed by atoms with Crippen LogP contribution in [0.5, 0.6) is 0 Å². The normalized spacial score (nSPS) is 11.7. The lowest BCUT2D eigenvalue weighted by molar-refractivity contribution is 0.561. The number of hydrogen-bond acceptors (Lipinski definition) is 5. The molecule has 1 heterocycles. The number of anilines is 1. The van der Waals surface area contributed by atoms with E-state index in [1.54, 1.807) is 6.07 Å². The zero-order valence-corrected chi connectivity index (χ0v) is 11.6. The molecule has 0 aliphatic rings. The number of nitrogens with zero attached hydrogens (tertiary/aromatic N) is 2. The lowest BCUT2D eigenvalue weighted by atomic mass is 10.3. The number of sulfonamides is 1. The van der Waals surface area contributed by atoms with Crippen molar-refractivity contribution in [2.45, 2.75) is 32.7 Å². The highest BCUT2D eigenvalue weighted by Crippen LogP contribution is 2.02. The summed E-state index contributed by atoms with van der Waals surface area (Å²) < 4.78 is 25.7. The standard InChI is InChI=1S/C11H20N4O2S/c1-10(2)12-6-3-4-9-18(16,17)15-11-13-7-5-8-14-11/h5,7-8,10,12H,3-4,6,9H2,1-2H3,(H,13,14,15). The van der Waals surface area contributed by atoms with Gasteiger partial charge in [-0.25, -0.2) is 18.4 Å². The van der Waals surface area contributed by atoms with Crippen LogP contribution in [0.2, 0.25) is 0 Å². The number of rotatable bonds is 8. The summed E-state index contributed by atoms with van der Waals surface area (Å²) >= 11 is 0. The number of unbranched alkanes of at least 4 members (excludes halogenated alkanes) is 1. The fourth-order valence-corrected chi connectivity index (χ4v) is 2.42. The fraction of sp³-hybridized carbons (Fsp3) is 0.636. The summed E-state index contributed by atoms with van der Waals surface area (Å²) in [5.41, 5.74) is 0. The minimum atomic E-state index is -3.34. The van der Waals surface area contributed by atoms with Gasteiger partial charge < -0.3 is 5.32 Å². The molecule has 0 fully saturated rings. The van der Waals surface area contributed by atoms with Crippen LogP contribution in [0.25, 0.3) is 0 Å². The summed E-state index contributed by atoms with van der Waals surface area (Å²) in [6, 6.07) is 2.06. The van der Waals surface area contributed by atoms with Crippen molar-refractivity contribution in [3.8, 4) is 0 Å². The van der Waals surface area contributed by atoms with Gasteiger partial charge in [0, 0.05) is 18.4 Å². The smallest absolute Gasteiger partial charge is 0.236 e. The molecular formula is C11H20N4O2S. The molecule has 0 aromatic carbocycles. The Kier molecular flexibility index (Phi) is 6.00. The molecule has 1 rings (SSSR count). The molecule has 0 aliphatic heterocycles. The lowest BCUT2D eigenvalue weighted by Gasteiger charge is -2.08. The summed E-state index contributed by atoms with van der Waals surface area (Å²) in [5.74, 6) is 0.211. The molecule has 0 spiro atoms. The average molecular weight is 272 g/mol. The van der Waals surface area contributed by atoms with Crippen molar-refractivity contribution in [1.29, 1.82) is 0 Å². The van der Waals surface area contributed by atoms with Crippen molar-refractivity contribution in [2.75, 3.05) is 17.0 Å². The van der Waals surface area contributed by atoms with Gasteiger partial charge in [-0.15, -0.1) is 0 Å². The Morgan fingerprint density at radius 2 is 1.89 bits per heavy atom. The molecule has 0 radical (unpaired) electrons. The van der Waals surface area contributed by atoms with Crippen molar-refractivity contribution in [3.63, 3.8) is 0 Å². The Hall–Kier alpha value is -1.21. The molecule has 0 aliphatic carbocycles. The molecule has 0 amide bonds. The second-order valence-corrected chi connectivity index (χ2v) is 6.15. The van der Waals surface area contributed by atoms with E-state index in [0.717, 1.165) is 13.0 Å². The molecule has 0 saturated heterocycles. The van der Waals surface area contributed by atoms with Crippen LogP contribution in [0.1, 0.15) is 26.7 Å². The zero-order valence-electron chi connectivity index (χ0n) is 10.8. The zero-order chi connectivity index (χ0) is 13.4. The summed E-state index contributed by atoms with van der Waals surface area (Å²) in [7, 11) is -3.34. The van der Waals surface area contributed by atoms with E-state index < -0.39 is 10.0 Å². The van der Waals surface area contributed by atoms with E-state index in [4.69, 9.17) is 0 Å². The van der Waals surface area contributed by atoms with Gasteiger partial charge in [-0.3, -0.25) is 4.72 Å². The van der Waals surface area contributed by atoms with Crippen molar-refractivity contribution in [1.82, 2.24) is 15.3 Å². The Balaban J connectivity index is 2.28. The maximum Gasteiger partial charge on any atom is 0.236 e. The Morgan fingerprint density at radius 1 is 1.22 bits per heavy atom. The topological polar surface area (TPSA) is 84.0 Å². The van der Waals surface area contributed by atoms with E-state index in [1.807, 2.05) is 0 Å². The molecule has 0 saturated carbocycles. The van der Waals surface area contributed by atoms with Crippen LogP contribution in [-0.4, -0.2) is 36.7 Å². The quantitative estimate of drug-likeness (QED) is 0.690. The summed E-state index contributed by atoms with van der Waals surface area (Å²) in [6.07, 6.45) is 4.44. The first-order valence-electron chi connectivity index (χ1n) is 6.00. The van der Waals surface area contributed by atoms with E-state index in [1.165, 1.54) is 12.4 Å². The molecule has 6 nitrogen and oxygen atoms in total. The highest BCUT2D eigenvalue weighted by Gasteiger charge is 2.11.